The fraction of sp³-hybridized carbons (Fsp3) is 0.647. The highest BCUT2D eigenvalue weighted by Gasteiger charge is 2.54. The van der Waals surface area contributed by atoms with Crippen molar-refractivity contribution >= 4 is 42.9 Å². The zero-order valence-corrected chi connectivity index (χ0v) is 18.0. The molecule has 1 fully saturated rings. The average molecular weight is 413 g/mol. The van der Waals surface area contributed by atoms with E-state index >= 15 is 0 Å². The Morgan fingerprint density at radius 1 is 1.22 bits per heavy atom. The Hall–Kier alpha value is -1.87. The number of hydrogen-bond donors (Lipinski definition) is 2. The van der Waals surface area contributed by atoms with Crippen LogP contribution in [0.15, 0.2) is 0 Å². The van der Waals surface area contributed by atoms with E-state index in [9.17, 15) is 19.5 Å². The van der Waals surface area contributed by atoms with E-state index in [-0.39, 0.29) is 18.3 Å². The van der Waals surface area contributed by atoms with E-state index in [1.165, 1.54) is 4.90 Å². The molecule has 10 heteroatoms. The largest absolute Gasteiger partial charge is 0.463 e. The standard InChI is InChI=1S/C17H25ClN4O4Si/c1-16(2)11-10(9-21(16)14(18)24)12(22(20-11)15(25)26)19-13(23)17(7-6-8-17)27(3,4)5/h6-9H2,1-5H3,(H,19,23)(H,25,26). The highest BCUT2D eigenvalue weighted by atomic mass is 35.5. The van der Waals surface area contributed by atoms with Crippen molar-refractivity contribution in [3.8, 4) is 0 Å². The number of amides is 2. The molecule has 1 saturated carbocycles. The molecule has 0 radical (unpaired) electrons. The normalized spacial score (nSPS) is 20.0. The number of carboxylic acid groups (broad SMARTS) is 1. The van der Waals surface area contributed by atoms with Gasteiger partial charge in [0.25, 0.3) is 0 Å². The molecule has 1 aliphatic heterocycles. The van der Waals surface area contributed by atoms with Crippen molar-refractivity contribution in [2.75, 3.05) is 5.32 Å². The average Bonchev–Trinajstić information content (AvgIpc) is 2.92. The number of anilines is 1. The van der Waals surface area contributed by atoms with Gasteiger partial charge in [-0.1, -0.05) is 26.1 Å². The van der Waals surface area contributed by atoms with E-state index in [2.05, 4.69) is 30.1 Å². The van der Waals surface area contributed by atoms with Crippen LogP contribution in [0.2, 0.25) is 24.7 Å². The molecule has 0 spiro atoms. The molecule has 0 atom stereocenters. The third-order valence-corrected chi connectivity index (χ3v) is 10.1. The van der Waals surface area contributed by atoms with Gasteiger partial charge in [-0.15, -0.1) is 4.68 Å². The smallest absolute Gasteiger partial charge is 0.434 e. The fourth-order valence-corrected chi connectivity index (χ4v) is 7.07. The number of fused-ring (bicyclic) bond motifs is 1. The molecule has 0 unspecified atom stereocenters. The van der Waals surface area contributed by atoms with Crippen molar-refractivity contribution < 1.29 is 19.5 Å². The van der Waals surface area contributed by atoms with Crippen molar-refractivity contribution in [3.63, 3.8) is 0 Å². The monoisotopic (exact) mass is 412 g/mol. The Morgan fingerprint density at radius 2 is 1.81 bits per heavy atom. The summed E-state index contributed by atoms with van der Waals surface area (Å²) in [6, 6.07) is 0. The summed E-state index contributed by atoms with van der Waals surface area (Å²) in [4.78, 5) is 38.1. The molecule has 1 aromatic rings. The lowest BCUT2D eigenvalue weighted by Gasteiger charge is -2.48. The first kappa shape index (κ1) is 19.9. The van der Waals surface area contributed by atoms with E-state index in [4.69, 9.17) is 11.6 Å². The van der Waals surface area contributed by atoms with Crippen LogP contribution < -0.4 is 5.32 Å². The summed E-state index contributed by atoms with van der Waals surface area (Å²) < 4.78 is 0.803. The maximum Gasteiger partial charge on any atom is 0.434 e. The van der Waals surface area contributed by atoms with Gasteiger partial charge in [-0.25, -0.2) is 4.79 Å². The second kappa shape index (κ2) is 6.06. The lowest BCUT2D eigenvalue weighted by molar-refractivity contribution is -0.121. The molecule has 27 heavy (non-hydrogen) atoms. The topological polar surface area (TPSA) is 105 Å². The van der Waals surface area contributed by atoms with E-state index in [0.717, 1.165) is 23.9 Å². The molecular formula is C17H25ClN4O4Si. The molecule has 148 valence electrons. The fourth-order valence-electron chi connectivity index (χ4n) is 4.20. The predicted molar refractivity (Wildman–Crippen MR) is 104 cm³/mol. The quantitative estimate of drug-likeness (QED) is 0.443. The molecule has 1 aromatic heterocycles. The molecule has 8 nitrogen and oxygen atoms in total. The van der Waals surface area contributed by atoms with Crippen LogP contribution in [0.1, 0.15) is 44.4 Å². The Balaban J connectivity index is 2.04. The van der Waals surface area contributed by atoms with Gasteiger partial charge in [0.1, 0.15) is 5.82 Å². The first-order valence-electron chi connectivity index (χ1n) is 8.97. The number of nitrogens with zero attached hydrogens (tertiary/aromatic N) is 3. The van der Waals surface area contributed by atoms with Crippen LogP contribution in [0.5, 0.6) is 0 Å². The minimum absolute atomic E-state index is 0.105. The van der Waals surface area contributed by atoms with E-state index in [0.29, 0.717) is 11.3 Å². The van der Waals surface area contributed by atoms with Gasteiger partial charge in [-0.05, 0) is 38.3 Å². The Kier molecular flexibility index (Phi) is 4.46. The van der Waals surface area contributed by atoms with Crippen molar-refractivity contribution in [3.05, 3.63) is 11.3 Å². The molecule has 2 N–H and O–H groups in total. The van der Waals surface area contributed by atoms with Crippen molar-refractivity contribution in [2.24, 2.45) is 0 Å². The molecule has 3 rings (SSSR count). The number of nitrogens with one attached hydrogen (secondary N) is 1. The predicted octanol–water partition coefficient (Wildman–Crippen LogP) is 4.02. The van der Waals surface area contributed by atoms with Crippen molar-refractivity contribution in [1.82, 2.24) is 14.7 Å². The molecule has 0 saturated heterocycles. The SMILES string of the molecule is CC1(C)c2nn(C(=O)O)c(NC(=O)C3([Si](C)(C)C)CCC3)c2CN1C(=O)Cl. The number of hydrogen-bond acceptors (Lipinski definition) is 4. The zero-order valence-electron chi connectivity index (χ0n) is 16.2. The van der Waals surface area contributed by atoms with E-state index in [1.807, 2.05) is 0 Å². The second-order valence-corrected chi connectivity index (χ2v) is 14.7. The van der Waals surface area contributed by atoms with Crippen LogP contribution in [-0.2, 0) is 16.9 Å². The molecule has 0 bridgehead atoms. The van der Waals surface area contributed by atoms with Crippen LogP contribution >= 0.6 is 11.6 Å². The minimum atomic E-state index is -1.83. The first-order valence-corrected chi connectivity index (χ1v) is 12.8. The summed E-state index contributed by atoms with van der Waals surface area (Å²) >= 11 is 5.69. The molecule has 0 aromatic carbocycles. The summed E-state index contributed by atoms with van der Waals surface area (Å²) in [7, 11) is -1.83. The highest BCUT2D eigenvalue weighted by Crippen LogP contribution is 2.56. The molecular weight excluding hydrogens is 388 g/mol. The lowest BCUT2D eigenvalue weighted by Crippen LogP contribution is -2.52. The van der Waals surface area contributed by atoms with Gasteiger partial charge in [-0.2, -0.15) is 5.10 Å². The van der Waals surface area contributed by atoms with Crippen molar-refractivity contribution in [2.45, 2.75) is 69.9 Å². The molecule has 2 amide bonds. The summed E-state index contributed by atoms with van der Waals surface area (Å²) in [5.41, 5.74) is 0.0982. The number of aromatic nitrogens is 2. The van der Waals surface area contributed by atoms with Gasteiger partial charge in [-0.3, -0.25) is 9.59 Å². The maximum absolute atomic E-state index is 13.2. The first-order chi connectivity index (χ1) is 12.3. The Bertz CT molecular complexity index is 839. The summed E-state index contributed by atoms with van der Waals surface area (Å²) in [5.74, 6) is -0.0212. The van der Waals surface area contributed by atoms with Gasteiger partial charge in [0, 0.05) is 10.6 Å². The molecule has 2 heterocycles. The number of halogens is 1. The highest BCUT2D eigenvalue weighted by molar-refractivity contribution is 6.83. The van der Waals surface area contributed by atoms with E-state index in [1.54, 1.807) is 13.8 Å². The van der Waals surface area contributed by atoms with E-state index < -0.39 is 30.1 Å². The third kappa shape index (κ3) is 2.78. The van der Waals surface area contributed by atoms with Crippen LogP contribution in [0, 0.1) is 0 Å². The second-order valence-electron chi connectivity index (χ2n) is 8.91. The minimum Gasteiger partial charge on any atom is -0.463 e. The summed E-state index contributed by atoms with van der Waals surface area (Å²) in [6.45, 7) is 10.1. The van der Waals surface area contributed by atoms with Gasteiger partial charge in [0.15, 0.2) is 0 Å². The summed E-state index contributed by atoms with van der Waals surface area (Å²) in [6.07, 6.45) is 1.34. The zero-order chi connectivity index (χ0) is 20.4. The van der Waals surface area contributed by atoms with Crippen molar-refractivity contribution in [1.29, 1.82) is 0 Å². The molecule has 1 aliphatic carbocycles. The van der Waals surface area contributed by atoms with Crippen LogP contribution in [0.25, 0.3) is 0 Å². The summed E-state index contributed by atoms with van der Waals surface area (Å²) in [5, 5.41) is 15.5. The van der Waals surface area contributed by atoms with Gasteiger partial charge < -0.3 is 15.3 Å². The third-order valence-electron chi connectivity index (χ3n) is 6.26. The van der Waals surface area contributed by atoms with Gasteiger partial charge >= 0.3 is 11.5 Å². The Morgan fingerprint density at radius 3 is 2.22 bits per heavy atom. The van der Waals surface area contributed by atoms with Gasteiger partial charge in [0.2, 0.25) is 5.91 Å². The number of rotatable bonds is 3. The number of carbonyl (C=O) groups excluding carboxylic acids is 2. The van der Waals surface area contributed by atoms with Gasteiger partial charge in [0.05, 0.1) is 25.9 Å². The molecule has 2 aliphatic rings. The lowest BCUT2D eigenvalue weighted by atomic mass is 9.83. The van der Waals surface area contributed by atoms with Crippen LogP contribution in [0.4, 0.5) is 15.4 Å². The van der Waals surface area contributed by atoms with Crippen LogP contribution in [0.3, 0.4) is 0 Å². The maximum atomic E-state index is 13.2. The van der Waals surface area contributed by atoms with Crippen LogP contribution in [-0.4, -0.2) is 45.2 Å². The Labute approximate surface area is 163 Å². The number of carbonyl (C=O) groups is 3.